The number of fused-ring (bicyclic) bond motifs is 2. The van der Waals surface area contributed by atoms with E-state index in [9.17, 15) is 19.8 Å². The van der Waals surface area contributed by atoms with Crippen molar-refractivity contribution in [1.82, 2.24) is 0 Å². The lowest BCUT2D eigenvalue weighted by molar-refractivity contribution is -0.305. The van der Waals surface area contributed by atoms with E-state index in [0.717, 1.165) is 12.0 Å². The van der Waals surface area contributed by atoms with Gasteiger partial charge in [-0.05, 0) is 62.8 Å². The van der Waals surface area contributed by atoms with Gasteiger partial charge in [-0.1, -0.05) is 70.6 Å². The predicted octanol–water partition coefficient (Wildman–Crippen LogP) is 5.59. The van der Waals surface area contributed by atoms with Gasteiger partial charge >= 0.3 is 5.97 Å². The average molecular weight is 871 g/mol. The second-order valence-electron chi connectivity index (χ2n) is 18.8. The van der Waals surface area contributed by atoms with Gasteiger partial charge in [0.15, 0.2) is 24.2 Å². The van der Waals surface area contributed by atoms with Crippen molar-refractivity contribution in [1.29, 1.82) is 0 Å². The molecular formula is C48H70O14. The second-order valence-corrected chi connectivity index (χ2v) is 18.8. The second kappa shape index (κ2) is 19.5. The van der Waals surface area contributed by atoms with Crippen molar-refractivity contribution in [3.63, 3.8) is 0 Å². The zero-order valence-corrected chi connectivity index (χ0v) is 38.1. The molecule has 7 aliphatic rings. The van der Waals surface area contributed by atoms with Crippen molar-refractivity contribution >= 4 is 11.8 Å². The van der Waals surface area contributed by atoms with Crippen LogP contribution in [0.2, 0.25) is 0 Å². The standard InChI is InChI=1S/C48H70O14/c1-11-25(2)43-28(5)17-18-47(62-43)23-34-20-33(61-47)16-15-27(4)42(26(3)13-12-14-32-24-55-45-40(49)29(6)19-35(46(51)58-34)48(32,45)52)59-39-22-37(54-10)44(31(8)57-39)60-38-21-36(53-9)41(50)30(7)56-38/h12-15,17-19,25-26,28,30-31,33-40,42-45,49,52H,11,16,20-24H2,1-10H3/b13-12+,27-15+,32-14+. The number of ketones is 1. The van der Waals surface area contributed by atoms with Crippen LogP contribution in [-0.4, -0.2) is 134 Å². The third-order valence-electron chi connectivity index (χ3n) is 14.3. The van der Waals surface area contributed by atoms with Crippen molar-refractivity contribution in [2.75, 3.05) is 20.8 Å². The minimum atomic E-state index is -1.84. The Morgan fingerprint density at radius 2 is 1.68 bits per heavy atom. The first-order chi connectivity index (χ1) is 29.5. The number of aliphatic hydroxyl groups excluding tert-OH is 1. The van der Waals surface area contributed by atoms with Gasteiger partial charge < -0.3 is 57.6 Å². The number of hydrogen-bond acceptors (Lipinski definition) is 14. The number of methoxy groups -OCH3 is 2. The summed E-state index contributed by atoms with van der Waals surface area (Å²) in [4.78, 5) is 26.9. The van der Waals surface area contributed by atoms with Gasteiger partial charge in [0.25, 0.3) is 0 Å². The number of hydrogen-bond donors (Lipinski definition) is 2. The number of ether oxygens (including phenoxy) is 10. The Morgan fingerprint density at radius 3 is 2.40 bits per heavy atom. The van der Waals surface area contributed by atoms with Crippen molar-refractivity contribution < 1.29 is 67.2 Å². The third-order valence-corrected chi connectivity index (χ3v) is 14.3. The SMILES string of the molecule is CCC(C)C1OC2(C=CC1C)CC1CC(C/C=C(\C)C(OC3CC(OC)C(OC4CC(OC)C(=O)C(C)O4)C(C)O3)C(C)/C=C/C=C3\COC4C(O)C(C)=CC(C(=O)O1)C34O)O2. The van der Waals surface area contributed by atoms with Crippen LogP contribution >= 0.6 is 0 Å². The zero-order chi connectivity index (χ0) is 44.7. The Bertz CT molecular complexity index is 1770. The van der Waals surface area contributed by atoms with Crippen LogP contribution in [0.3, 0.4) is 0 Å². The van der Waals surface area contributed by atoms with E-state index in [1.807, 2.05) is 32.1 Å². The lowest BCUT2D eigenvalue weighted by Crippen LogP contribution is -2.58. The molecule has 14 heteroatoms. The molecule has 0 radical (unpaired) electrons. The first kappa shape index (κ1) is 47.4. The van der Waals surface area contributed by atoms with Gasteiger partial charge in [0.1, 0.15) is 48.1 Å². The molecule has 0 aromatic heterocycles. The number of aliphatic hydroxyl groups is 2. The fourth-order valence-corrected chi connectivity index (χ4v) is 10.4. The van der Waals surface area contributed by atoms with E-state index in [0.29, 0.717) is 30.4 Å². The molecule has 346 valence electrons. The first-order valence-electron chi connectivity index (χ1n) is 22.7. The van der Waals surface area contributed by atoms with E-state index in [4.69, 9.17) is 47.4 Å². The molecule has 19 unspecified atom stereocenters. The van der Waals surface area contributed by atoms with E-state index in [2.05, 4.69) is 39.8 Å². The Kier molecular flexibility index (Phi) is 14.9. The molecule has 6 aliphatic heterocycles. The quantitative estimate of drug-likeness (QED) is 0.229. The molecule has 1 spiro atoms. The molecule has 0 aromatic carbocycles. The molecule has 7 rings (SSSR count). The van der Waals surface area contributed by atoms with Crippen LogP contribution in [0.5, 0.6) is 0 Å². The maximum absolute atomic E-state index is 14.3. The topological polar surface area (TPSA) is 167 Å². The number of carbonyl (C=O) groups is 2. The Labute approximate surface area is 366 Å². The summed E-state index contributed by atoms with van der Waals surface area (Å²) in [7, 11) is 3.14. The summed E-state index contributed by atoms with van der Waals surface area (Å²) in [5.74, 6) is -2.70. The molecule has 4 saturated heterocycles. The summed E-state index contributed by atoms with van der Waals surface area (Å²) in [5, 5.41) is 23.7. The Morgan fingerprint density at radius 1 is 0.919 bits per heavy atom. The highest BCUT2D eigenvalue weighted by atomic mass is 16.7. The highest BCUT2D eigenvalue weighted by Gasteiger charge is 2.60. The van der Waals surface area contributed by atoms with Gasteiger partial charge in [0.05, 0.1) is 37.1 Å². The van der Waals surface area contributed by atoms with E-state index in [1.165, 1.54) is 7.11 Å². The molecule has 0 aromatic rings. The van der Waals surface area contributed by atoms with Crippen LogP contribution in [0.1, 0.15) is 93.9 Å². The monoisotopic (exact) mass is 870 g/mol. The third kappa shape index (κ3) is 9.53. The zero-order valence-electron chi connectivity index (χ0n) is 38.1. The normalized spacial score (nSPS) is 48.0. The lowest BCUT2D eigenvalue weighted by Gasteiger charge is -2.48. The van der Waals surface area contributed by atoms with Crippen LogP contribution in [0.15, 0.2) is 59.3 Å². The number of esters is 1. The smallest absolute Gasteiger partial charge is 0.316 e. The van der Waals surface area contributed by atoms with E-state index < -0.39 is 96.9 Å². The maximum atomic E-state index is 14.3. The number of allylic oxidation sites excluding steroid dienone is 2. The van der Waals surface area contributed by atoms with Crippen LogP contribution in [-0.2, 0) is 57.0 Å². The average Bonchev–Trinajstić information content (AvgIpc) is 3.58. The highest BCUT2D eigenvalue weighted by molar-refractivity contribution is 5.87. The van der Waals surface area contributed by atoms with Crippen LogP contribution in [0.4, 0.5) is 0 Å². The molecule has 19 atom stereocenters. The molecule has 0 saturated carbocycles. The van der Waals surface area contributed by atoms with Crippen molar-refractivity contribution in [3.05, 3.63) is 59.3 Å². The van der Waals surface area contributed by atoms with Gasteiger partial charge in [0.2, 0.25) is 0 Å². The lowest BCUT2D eigenvalue weighted by atomic mass is 9.71. The molecule has 14 nitrogen and oxygen atoms in total. The Hall–Kier alpha value is -2.60. The van der Waals surface area contributed by atoms with E-state index in [1.54, 1.807) is 33.1 Å². The van der Waals surface area contributed by atoms with Crippen LogP contribution in [0.25, 0.3) is 0 Å². The highest BCUT2D eigenvalue weighted by Crippen LogP contribution is 2.47. The van der Waals surface area contributed by atoms with Crippen LogP contribution < -0.4 is 0 Å². The molecule has 2 bridgehead atoms. The molecule has 4 fully saturated rings. The minimum absolute atomic E-state index is 0.0274. The summed E-state index contributed by atoms with van der Waals surface area (Å²) in [6.07, 6.45) is 8.56. The van der Waals surface area contributed by atoms with Crippen molar-refractivity contribution in [2.24, 2.45) is 23.7 Å². The largest absolute Gasteiger partial charge is 0.462 e. The maximum Gasteiger partial charge on any atom is 0.316 e. The van der Waals surface area contributed by atoms with Crippen molar-refractivity contribution in [2.45, 2.75) is 185 Å². The molecule has 1 aliphatic carbocycles. The van der Waals surface area contributed by atoms with Crippen LogP contribution in [0, 0.1) is 23.7 Å². The fourth-order valence-electron chi connectivity index (χ4n) is 10.4. The number of Topliss-reactive ketones (excluding diaryl/α,β-unsaturated/α-hetero) is 1. The molecule has 6 heterocycles. The summed E-state index contributed by atoms with van der Waals surface area (Å²) < 4.78 is 63.4. The van der Waals surface area contributed by atoms with Gasteiger partial charge in [-0.2, -0.15) is 0 Å². The van der Waals surface area contributed by atoms with E-state index in [-0.39, 0.29) is 49.1 Å². The summed E-state index contributed by atoms with van der Waals surface area (Å²) in [6.45, 7) is 15.9. The number of carbonyl (C=O) groups excluding carboxylic acids is 2. The summed E-state index contributed by atoms with van der Waals surface area (Å²) >= 11 is 0. The minimum Gasteiger partial charge on any atom is -0.462 e. The Balaban J connectivity index is 1.18. The van der Waals surface area contributed by atoms with Gasteiger partial charge in [0, 0.05) is 51.7 Å². The fraction of sp³-hybridized carbons (Fsp3) is 0.750. The van der Waals surface area contributed by atoms with Gasteiger partial charge in [-0.3, -0.25) is 9.59 Å². The van der Waals surface area contributed by atoms with Gasteiger partial charge in [-0.15, -0.1) is 0 Å². The van der Waals surface area contributed by atoms with Gasteiger partial charge in [-0.25, -0.2) is 0 Å². The van der Waals surface area contributed by atoms with Crippen molar-refractivity contribution in [3.8, 4) is 0 Å². The number of rotatable bonds is 8. The summed E-state index contributed by atoms with van der Waals surface area (Å²) in [6, 6.07) is 0. The molecular weight excluding hydrogens is 801 g/mol. The summed E-state index contributed by atoms with van der Waals surface area (Å²) in [5.41, 5.74) is 0.113. The molecule has 62 heavy (non-hydrogen) atoms. The molecule has 2 N–H and O–H groups in total. The first-order valence-corrected chi connectivity index (χ1v) is 22.7. The molecule has 0 amide bonds. The predicted molar refractivity (Wildman–Crippen MR) is 226 cm³/mol. The van der Waals surface area contributed by atoms with E-state index >= 15 is 0 Å².